The number of amides is 1. The maximum Gasteiger partial charge on any atom is 0.251 e. The Bertz CT molecular complexity index is 467. The van der Waals surface area contributed by atoms with Crippen molar-refractivity contribution in [3.05, 3.63) is 29.8 Å². The molecule has 1 aromatic carbocycles. The molecule has 3 rings (SSSR count). The fourth-order valence-corrected chi connectivity index (χ4v) is 2.89. The van der Waals surface area contributed by atoms with Crippen molar-refractivity contribution in [3.63, 3.8) is 0 Å². The van der Waals surface area contributed by atoms with Crippen LogP contribution in [-0.4, -0.2) is 42.5 Å². The molecular formula is C16H23N3O. The van der Waals surface area contributed by atoms with E-state index in [0.717, 1.165) is 23.8 Å². The van der Waals surface area contributed by atoms with Crippen LogP contribution in [0, 0.1) is 0 Å². The molecule has 1 amide bonds. The van der Waals surface area contributed by atoms with Gasteiger partial charge in [-0.25, -0.2) is 0 Å². The predicted molar refractivity (Wildman–Crippen MR) is 81.1 cm³/mol. The van der Waals surface area contributed by atoms with E-state index in [2.05, 4.69) is 15.5 Å². The topological polar surface area (TPSA) is 44.4 Å². The Morgan fingerprint density at radius 2 is 2.00 bits per heavy atom. The molecule has 1 saturated carbocycles. The lowest BCUT2D eigenvalue weighted by molar-refractivity contribution is 0.0956. The molecule has 1 aliphatic carbocycles. The fraction of sp³-hybridized carbons (Fsp3) is 0.562. The zero-order chi connectivity index (χ0) is 13.9. The third-order valence-corrected chi connectivity index (χ3v) is 4.14. The second-order valence-corrected chi connectivity index (χ2v) is 5.79. The second kappa shape index (κ2) is 5.83. The summed E-state index contributed by atoms with van der Waals surface area (Å²) in [7, 11) is 0. The highest BCUT2D eigenvalue weighted by Crippen LogP contribution is 2.30. The largest absolute Gasteiger partial charge is 0.381 e. The van der Waals surface area contributed by atoms with E-state index in [0.29, 0.717) is 12.6 Å². The van der Waals surface area contributed by atoms with Gasteiger partial charge in [-0.15, -0.1) is 0 Å². The molecule has 1 heterocycles. The van der Waals surface area contributed by atoms with Gasteiger partial charge in [0.2, 0.25) is 0 Å². The molecule has 4 heteroatoms. The lowest BCUT2D eigenvalue weighted by Gasteiger charge is -2.16. The van der Waals surface area contributed by atoms with Crippen LogP contribution in [0.5, 0.6) is 0 Å². The van der Waals surface area contributed by atoms with E-state index in [9.17, 15) is 4.79 Å². The van der Waals surface area contributed by atoms with E-state index >= 15 is 0 Å². The van der Waals surface area contributed by atoms with Gasteiger partial charge in [-0.3, -0.25) is 9.69 Å². The van der Waals surface area contributed by atoms with Gasteiger partial charge >= 0.3 is 0 Å². The minimum atomic E-state index is -0.000162. The van der Waals surface area contributed by atoms with Gasteiger partial charge in [0.05, 0.1) is 0 Å². The highest BCUT2D eigenvalue weighted by molar-refractivity contribution is 5.94. The minimum Gasteiger partial charge on any atom is -0.381 e. The predicted octanol–water partition coefficient (Wildman–Crippen LogP) is 2.08. The van der Waals surface area contributed by atoms with E-state index in [4.69, 9.17) is 0 Å². The number of hydrogen-bond donors (Lipinski definition) is 2. The summed E-state index contributed by atoms with van der Waals surface area (Å²) in [6, 6.07) is 9.20. The number of rotatable bonds is 5. The quantitative estimate of drug-likeness (QED) is 0.863. The third-order valence-electron chi connectivity index (χ3n) is 4.14. The van der Waals surface area contributed by atoms with E-state index in [1.807, 2.05) is 31.2 Å². The molecule has 1 unspecified atom stereocenters. The molecule has 4 nitrogen and oxygen atoms in total. The van der Waals surface area contributed by atoms with E-state index in [1.165, 1.54) is 25.8 Å². The molecule has 0 spiro atoms. The Hall–Kier alpha value is -1.55. The van der Waals surface area contributed by atoms with Crippen LogP contribution in [-0.2, 0) is 0 Å². The summed E-state index contributed by atoms with van der Waals surface area (Å²) >= 11 is 0. The zero-order valence-corrected chi connectivity index (χ0v) is 12.1. The summed E-state index contributed by atoms with van der Waals surface area (Å²) < 4.78 is 0. The normalized spacial score (nSPS) is 22.8. The summed E-state index contributed by atoms with van der Waals surface area (Å²) in [6.45, 7) is 4.97. The van der Waals surface area contributed by atoms with Crippen LogP contribution < -0.4 is 10.6 Å². The number of likely N-dealkylation sites (tertiary alicyclic amines) is 1. The van der Waals surface area contributed by atoms with Crippen molar-refractivity contribution in [2.45, 2.75) is 38.3 Å². The van der Waals surface area contributed by atoms with Crippen LogP contribution >= 0.6 is 0 Å². The van der Waals surface area contributed by atoms with Crippen molar-refractivity contribution in [1.82, 2.24) is 10.2 Å². The Balaban J connectivity index is 1.54. The monoisotopic (exact) mass is 273 g/mol. The van der Waals surface area contributed by atoms with Gasteiger partial charge in [0.1, 0.15) is 0 Å². The molecule has 2 N–H and O–H groups in total. The lowest BCUT2D eigenvalue weighted by atomic mass is 10.1. The maximum absolute atomic E-state index is 11.7. The summed E-state index contributed by atoms with van der Waals surface area (Å²) in [5.41, 5.74) is 1.84. The molecule has 1 aliphatic heterocycles. The maximum atomic E-state index is 11.7. The first-order valence-electron chi connectivity index (χ1n) is 7.65. The van der Waals surface area contributed by atoms with Crippen LogP contribution in [0.4, 0.5) is 5.69 Å². The van der Waals surface area contributed by atoms with Crippen LogP contribution in [0.1, 0.15) is 36.5 Å². The van der Waals surface area contributed by atoms with Crippen molar-refractivity contribution >= 4 is 11.6 Å². The van der Waals surface area contributed by atoms with Gasteiger partial charge in [-0.2, -0.15) is 0 Å². The molecule has 2 fully saturated rings. The average Bonchev–Trinajstić information content (AvgIpc) is 3.21. The highest BCUT2D eigenvalue weighted by Gasteiger charge is 2.34. The molecule has 0 radical (unpaired) electrons. The van der Waals surface area contributed by atoms with Crippen molar-refractivity contribution in [3.8, 4) is 0 Å². The Kier molecular flexibility index (Phi) is 3.92. The highest BCUT2D eigenvalue weighted by atomic mass is 16.1. The summed E-state index contributed by atoms with van der Waals surface area (Å²) in [6.07, 6.45) is 3.98. The third kappa shape index (κ3) is 3.12. The molecule has 108 valence electrons. The molecular weight excluding hydrogens is 250 g/mol. The van der Waals surface area contributed by atoms with Crippen molar-refractivity contribution < 1.29 is 4.79 Å². The van der Waals surface area contributed by atoms with Crippen LogP contribution in [0.3, 0.4) is 0 Å². The number of benzene rings is 1. The molecule has 20 heavy (non-hydrogen) atoms. The van der Waals surface area contributed by atoms with Crippen LogP contribution in [0.25, 0.3) is 0 Å². The molecule has 0 aromatic heterocycles. The molecule has 0 bridgehead atoms. The van der Waals surface area contributed by atoms with Crippen LogP contribution in [0.2, 0.25) is 0 Å². The smallest absolute Gasteiger partial charge is 0.251 e. The van der Waals surface area contributed by atoms with Gasteiger partial charge in [-0.05, 0) is 50.5 Å². The Morgan fingerprint density at radius 3 is 2.65 bits per heavy atom. The van der Waals surface area contributed by atoms with E-state index < -0.39 is 0 Å². The number of hydrogen-bond acceptors (Lipinski definition) is 3. The molecule has 1 saturated heterocycles. The van der Waals surface area contributed by atoms with Crippen LogP contribution in [0.15, 0.2) is 24.3 Å². The molecule has 1 atom stereocenters. The fourth-order valence-electron chi connectivity index (χ4n) is 2.89. The van der Waals surface area contributed by atoms with Gasteiger partial charge in [0.25, 0.3) is 5.91 Å². The van der Waals surface area contributed by atoms with Gasteiger partial charge in [-0.1, -0.05) is 0 Å². The number of nitrogens with zero attached hydrogens (tertiary/aromatic N) is 1. The lowest BCUT2D eigenvalue weighted by Crippen LogP contribution is -2.27. The Morgan fingerprint density at radius 1 is 1.25 bits per heavy atom. The van der Waals surface area contributed by atoms with Crippen molar-refractivity contribution in [2.75, 3.05) is 25.0 Å². The van der Waals surface area contributed by atoms with E-state index in [1.54, 1.807) is 0 Å². The zero-order valence-electron chi connectivity index (χ0n) is 12.1. The number of nitrogens with one attached hydrogen (secondary N) is 2. The van der Waals surface area contributed by atoms with Gasteiger partial charge in [0.15, 0.2) is 0 Å². The first kappa shape index (κ1) is 13.4. The standard InChI is InChI=1S/C16H23N3O/c1-2-17-16(20)12-3-5-13(6-4-12)18-14-9-10-19(11-14)15-7-8-15/h3-6,14-15,18H,2,7-11H2,1H3,(H,17,20). The van der Waals surface area contributed by atoms with Gasteiger partial charge < -0.3 is 10.6 Å². The minimum absolute atomic E-state index is 0.000162. The molecule has 1 aromatic rings. The van der Waals surface area contributed by atoms with E-state index in [-0.39, 0.29) is 5.91 Å². The first-order valence-corrected chi connectivity index (χ1v) is 7.65. The average molecular weight is 273 g/mol. The second-order valence-electron chi connectivity index (χ2n) is 5.79. The summed E-state index contributed by atoms with van der Waals surface area (Å²) in [5, 5.41) is 6.39. The SMILES string of the molecule is CCNC(=O)c1ccc(NC2CCN(C3CC3)C2)cc1. The van der Waals surface area contributed by atoms with Crippen molar-refractivity contribution in [2.24, 2.45) is 0 Å². The molecule has 2 aliphatic rings. The Labute approximate surface area is 120 Å². The van der Waals surface area contributed by atoms with Crippen molar-refractivity contribution in [1.29, 1.82) is 0 Å². The summed E-state index contributed by atoms with van der Waals surface area (Å²) in [5.74, 6) is -0.000162. The summed E-state index contributed by atoms with van der Waals surface area (Å²) in [4.78, 5) is 14.3. The number of carbonyl (C=O) groups is 1. The van der Waals surface area contributed by atoms with Gasteiger partial charge in [0, 0.05) is 43.0 Å². The number of anilines is 1. The first-order chi connectivity index (χ1) is 9.76. The number of carbonyl (C=O) groups excluding carboxylic acids is 1.